The maximum Gasteiger partial charge on any atom is 0.0177 e. The molecule has 0 spiro atoms. The van der Waals surface area contributed by atoms with Gasteiger partial charge < -0.3 is 0 Å². The first-order valence-electron chi connectivity index (χ1n) is 12.9. The molecule has 0 aliphatic heterocycles. The fraction of sp³-hybridized carbons (Fsp3) is 0.926. The molecular formula is C27H50S2. The lowest BCUT2D eigenvalue weighted by Gasteiger charge is -2.27. The van der Waals surface area contributed by atoms with Crippen LogP contribution >= 0.6 is 21.6 Å². The second-order valence-electron chi connectivity index (χ2n) is 10.8. The number of rotatable bonds is 7. The molecule has 1 fully saturated rings. The molecule has 0 nitrogen and oxygen atoms in total. The van der Waals surface area contributed by atoms with Crippen LogP contribution in [0.5, 0.6) is 0 Å². The molecule has 0 aromatic rings. The summed E-state index contributed by atoms with van der Waals surface area (Å²) in [6.07, 6.45) is 24.8. The minimum absolute atomic E-state index is 0.610. The molecule has 2 rings (SSSR count). The van der Waals surface area contributed by atoms with E-state index < -0.39 is 0 Å². The Kier molecular flexibility index (Phi) is 12.2. The summed E-state index contributed by atoms with van der Waals surface area (Å²) in [6.45, 7) is 12.3. The van der Waals surface area contributed by atoms with Crippen LogP contribution in [0, 0.1) is 23.2 Å². The fourth-order valence-electron chi connectivity index (χ4n) is 5.22. The van der Waals surface area contributed by atoms with Crippen molar-refractivity contribution in [3.63, 3.8) is 0 Å². The van der Waals surface area contributed by atoms with E-state index >= 15 is 0 Å². The predicted molar refractivity (Wildman–Crippen MR) is 138 cm³/mol. The zero-order valence-electron chi connectivity index (χ0n) is 20.3. The second-order valence-corrected chi connectivity index (χ2v) is 13.6. The molecule has 0 bridgehead atoms. The van der Waals surface area contributed by atoms with Gasteiger partial charge in [-0.25, -0.2) is 0 Å². The van der Waals surface area contributed by atoms with Gasteiger partial charge in [-0.2, -0.15) is 0 Å². The summed E-state index contributed by atoms with van der Waals surface area (Å²) in [5, 5.41) is 1.72. The lowest BCUT2D eigenvalue weighted by molar-refractivity contribution is 0.248. The molecule has 0 N–H and O–H groups in total. The molecule has 2 aliphatic carbocycles. The van der Waals surface area contributed by atoms with E-state index in [1.54, 1.807) is 0 Å². The molecular weight excluding hydrogens is 388 g/mol. The molecule has 170 valence electrons. The zero-order chi connectivity index (χ0) is 21.1. The SMILES string of the molecule is CCCCC1C=CCC(C)CCC(SSC2CCCC(C)(CC)CCCC2C)C1. The van der Waals surface area contributed by atoms with Crippen LogP contribution < -0.4 is 0 Å². The van der Waals surface area contributed by atoms with Gasteiger partial charge in [0.25, 0.3) is 0 Å². The Morgan fingerprint density at radius 3 is 2.45 bits per heavy atom. The quantitative estimate of drug-likeness (QED) is 0.286. The Morgan fingerprint density at radius 1 is 0.966 bits per heavy atom. The molecule has 2 heteroatoms. The Bertz CT molecular complexity index is 459. The van der Waals surface area contributed by atoms with Crippen molar-refractivity contribution < 1.29 is 0 Å². The zero-order valence-corrected chi connectivity index (χ0v) is 21.9. The van der Waals surface area contributed by atoms with Crippen LogP contribution in [0.1, 0.15) is 125 Å². The highest BCUT2D eigenvalue weighted by Gasteiger charge is 2.28. The maximum atomic E-state index is 2.59. The van der Waals surface area contributed by atoms with Crippen molar-refractivity contribution in [1.82, 2.24) is 0 Å². The third-order valence-corrected chi connectivity index (χ3v) is 11.6. The highest BCUT2D eigenvalue weighted by molar-refractivity contribution is 8.77. The van der Waals surface area contributed by atoms with Gasteiger partial charge in [-0.15, -0.1) is 0 Å². The van der Waals surface area contributed by atoms with Crippen molar-refractivity contribution in [1.29, 1.82) is 0 Å². The van der Waals surface area contributed by atoms with E-state index in [1.165, 1.54) is 89.9 Å². The van der Waals surface area contributed by atoms with Crippen molar-refractivity contribution in [2.45, 2.75) is 135 Å². The van der Waals surface area contributed by atoms with E-state index in [1.807, 2.05) is 0 Å². The lowest BCUT2D eigenvalue weighted by atomic mass is 9.78. The summed E-state index contributed by atoms with van der Waals surface area (Å²) in [4.78, 5) is 0. The average Bonchev–Trinajstić information content (AvgIpc) is 2.83. The summed E-state index contributed by atoms with van der Waals surface area (Å²) in [7, 11) is 4.58. The van der Waals surface area contributed by atoms with Crippen LogP contribution in [0.3, 0.4) is 0 Å². The molecule has 6 atom stereocenters. The van der Waals surface area contributed by atoms with E-state index in [0.29, 0.717) is 5.41 Å². The Morgan fingerprint density at radius 2 is 1.72 bits per heavy atom. The van der Waals surface area contributed by atoms with Gasteiger partial charge in [0.1, 0.15) is 0 Å². The molecule has 6 unspecified atom stereocenters. The van der Waals surface area contributed by atoms with Gasteiger partial charge in [0, 0.05) is 10.5 Å². The summed E-state index contributed by atoms with van der Waals surface area (Å²) >= 11 is 0. The van der Waals surface area contributed by atoms with Crippen LogP contribution in [0.15, 0.2) is 12.2 Å². The van der Waals surface area contributed by atoms with Gasteiger partial charge in [-0.1, -0.05) is 100 Å². The molecule has 0 aromatic heterocycles. The minimum atomic E-state index is 0.610. The average molecular weight is 439 g/mol. The van der Waals surface area contributed by atoms with Crippen molar-refractivity contribution in [2.24, 2.45) is 23.2 Å². The number of hydrogen-bond acceptors (Lipinski definition) is 2. The van der Waals surface area contributed by atoms with E-state index in [2.05, 4.69) is 68.4 Å². The fourth-order valence-corrected chi connectivity index (χ4v) is 8.94. The van der Waals surface area contributed by atoms with Gasteiger partial charge in [0.2, 0.25) is 0 Å². The molecule has 0 aromatic carbocycles. The van der Waals surface area contributed by atoms with Crippen LogP contribution in [0.4, 0.5) is 0 Å². The first-order chi connectivity index (χ1) is 14.0. The maximum absolute atomic E-state index is 2.59. The molecule has 2 aliphatic rings. The molecule has 0 heterocycles. The topological polar surface area (TPSA) is 0 Å². The van der Waals surface area contributed by atoms with Gasteiger partial charge in [0.15, 0.2) is 0 Å². The first kappa shape index (κ1) is 25.7. The van der Waals surface area contributed by atoms with Gasteiger partial charge in [-0.3, -0.25) is 0 Å². The van der Waals surface area contributed by atoms with E-state index in [-0.39, 0.29) is 0 Å². The third kappa shape index (κ3) is 9.63. The van der Waals surface area contributed by atoms with Gasteiger partial charge >= 0.3 is 0 Å². The number of allylic oxidation sites excluding steroid dienone is 2. The van der Waals surface area contributed by atoms with Gasteiger partial charge in [0.05, 0.1) is 0 Å². The predicted octanol–water partition coefficient (Wildman–Crippen LogP) is 10.1. The van der Waals surface area contributed by atoms with Crippen molar-refractivity contribution >= 4 is 21.6 Å². The van der Waals surface area contributed by atoms with Crippen LogP contribution in [-0.2, 0) is 0 Å². The smallest absolute Gasteiger partial charge is 0.0177 e. The van der Waals surface area contributed by atoms with Crippen LogP contribution in [0.2, 0.25) is 0 Å². The summed E-state index contributed by atoms with van der Waals surface area (Å²) in [5.74, 6) is 2.57. The standard InChI is InChI=1S/C27H50S2/c1-6-8-14-24-15-9-12-22(3)17-18-25(21-24)28-29-26-16-11-20-27(5,7-2)19-10-13-23(26)4/h9,15,22-26H,6-8,10-14,16-21H2,1-5H3. The summed E-state index contributed by atoms with van der Waals surface area (Å²) < 4.78 is 0. The summed E-state index contributed by atoms with van der Waals surface area (Å²) in [5.41, 5.74) is 0.610. The molecule has 29 heavy (non-hydrogen) atoms. The molecule has 0 amide bonds. The summed E-state index contributed by atoms with van der Waals surface area (Å²) in [6, 6.07) is 0. The van der Waals surface area contributed by atoms with Crippen molar-refractivity contribution in [2.75, 3.05) is 0 Å². The Hall–Kier alpha value is 0.440. The van der Waals surface area contributed by atoms with Crippen LogP contribution in [-0.4, -0.2) is 10.5 Å². The van der Waals surface area contributed by atoms with E-state index in [9.17, 15) is 0 Å². The normalized spacial score (nSPS) is 37.6. The van der Waals surface area contributed by atoms with Crippen molar-refractivity contribution in [3.05, 3.63) is 12.2 Å². The van der Waals surface area contributed by atoms with Gasteiger partial charge in [-0.05, 0) is 81.0 Å². The lowest BCUT2D eigenvalue weighted by Crippen LogP contribution is -2.15. The Balaban J connectivity index is 1.92. The second kappa shape index (κ2) is 13.8. The first-order valence-corrected chi connectivity index (χ1v) is 15.2. The Labute approximate surface area is 191 Å². The third-order valence-electron chi connectivity index (χ3n) is 7.93. The van der Waals surface area contributed by atoms with Crippen molar-refractivity contribution in [3.8, 4) is 0 Å². The van der Waals surface area contributed by atoms with E-state index in [0.717, 1.165) is 28.3 Å². The van der Waals surface area contributed by atoms with Crippen LogP contribution in [0.25, 0.3) is 0 Å². The monoisotopic (exact) mass is 438 g/mol. The largest absolute Gasteiger partial charge is 0.0904 e. The highest BCUT2D eigenvalue weighted by atomic mass is 33.1. The molecule has 0 radical (unpaired) electrons. The number of unbranched alkanes of at least 4 members (excludes halogenated alkanes) is 1. The minimum Gasteiger partial charge on any atom is -0.0904 e. The molecule has 0 saturated heterocycles. The highest BCUT2D eigenvalue weighted by Crippen LogP contribution is 2.45. The number of hydrogen-bond donors (Lipinski definition) is 0. The van der Waals surface area contributed by atoms with E-state index in [4.69, 9.17) is 0 Å². The molecule has 1 saturated carbocycles.